The molecule has 0 aliphatic heterocycles. The second kappa shape index (κ2) is 6.28. The Morgan fingerprint density at radius 3 is 2.87 bits per heavy atom. The van der Waals surface area contributed by atoms with Gasteiger partial charge in [0.15, 0.2) is 0 Å². The van der Waals surface area contributed by atoms with Crippen LogP contribution in [-0.4, -0.2) is 15.3 Å². The van der Waals surface area contributed by atoms with Gasteiger partial charge in [0.2, 0.25) is 11.0 Å². The fourth-order valence-corrected chi connectivity index (χ4v) is 3.31. The Bertz CT molecular complexity index is 706. The number of anilines is 2. The van der Waals surface area contributed by atoms with E-state index in [1.807, 2.05) is 18.2 Å². The number of amides is 1. The molecule has 2 saturated carbocycles. The SMILES string of the molecule is O=C(Nc1cccc(CNc2nc(C3CC3)ns2)c1)C1CCC1. The summed E-state index contributed by atoms with van der Waals surface area (Å²) < 4.78 is 4.39. The molecule has 0 atom stereocenters. The van der Waals surface area contributed by atoms with Crippen molar-refractivity contribution in [3.63, 3.8) is 0 Å². The molecule has 2 fully saturated rings. The number of hydrogen-bond acceptors (Lipinski definition) is 5. The van der Waals surface area contributed by atoms with Gasteiger partial charge >= 0.3 is 0 Å². The van der Waals surface area contributed by atoms with Crippen molar-refractivity contribution in [2.45, 2.75) is 44.6 Å². The third kappa shape index (κ3) is 3.52. The number of aromatic nitrogens is 2. The molecule has 0 unspecified atom stereocenters. The van der Waals surface area contributed by atoms with Crippen LogP contribution >= 0.6 is 11.5 Å². The van der Waals surface area contributed by atoms with Gasteiger partial charge in [-0.2, -0.15) is 4.37 Å². The summed E-state index contributed by atoms with van der Waals surface area (Å²) in [7, 11) is 0. The van der Waals surface area contributed by atoms with Gasteiger partial charge in [0, 0.05) is 35.6 Å². The molecule has 2 aromatic rings. The van der Waals surface area contributed by atoms with Crippen LogP contribution in [0.4, 0.5) is 10.8 Å². The number of hydrogen-bond donors (Lipinski definition) is 2. The number of rotatable bonds is 6. The van der Waals surface area contributed by atoms with Gasteiger partial charge in [-0.15, -0.1) is 0 Å². The van der Waals surface area contributed by atoms with E-state index in [0.717, 1.165) is 35.0 Å². The van der Waals surface area contributed by atoms with E-state index in [-0.39, 0.29) is 11.8 Å². The van der Waals surface area contributed by atoms with E-state index in [9.17, 15) is 4.79 Å². The van der Waals surface area contributed by atoms with Crippen molar-refractivity contribution >= 4 is 28.3 Å². The van der Waals surface area contributed by atoms with Crippen molar-refractivity contribution in [2.24, 2.45) is 5.92 Å². The van der Waals surface area contributed by atoms with Crippen LogP contribution in [0.5, 0.6) is 0 Å². The van der Waals surface area contributed by atoms with Crippen LogP contribution in [0.15, 0.2) is 24.3 Å². The fraction of sp³-hybridized carbons (Fsp3) is 0.471. The Labute approximate surface area is 139 Å². The number of carbonyl (C=O) groups is 1. The topological polar surface area (TPSA) is 66.9 Å². The van der Waals surface area contributed by atoms with Gasteiger partial charge in [-0.05, 0) is 43.4 Å². The Morgan fingerprint density at radius 1 is 1.26 bits per heavy atom. The summed E-state index contributed by atoms with van der Waals surface area (Å²) in [5.41, 5.74) is 2.00. The highest BCUT2D eigenvalue weighted by molar-refractivity contribution is 7.09. The molecular formula is C17H20N4OS. The van der Waals surface area contributed by atoms with Crippen molar-refractivity contribution in [1.82, 2.24) is 9.36 Å². The van der Waals surface area contributed by atoms with Crippen LogP contribution in [0, 0.1) is 5.92 Å². The molecule has 2 aliphatic rings. The molecule has 1 heterocycles. The van der Waals surface area contributed by atoms with E-state index in [2.05, 4.69) is 26.1 Å². The molecule has 1 aromatic carbocycles. The first-order chi connectivity index (χ1) is 11.3. The van der Waals surface area contributed by atoms with E-state index in [1.165, 1.54) is 30.8 Å². The van der Waals surface area contributed by atoms with E-state index in [4.69, 9.17) is 0 Å². The molecule has 0 bridgehead atoms. The van der Waals surface area contributed by atoms with Crippen molar-refractivity contribution in [3.8, 4) is 0 Å². The number of nitrogens with one attached hydrogen (secondary N) is 2. The summed E-state index contributed by atoms with van der Waals surface area (Å²) in [6.45, 7) is 0.687. The average Bonchev–Trinajstić information content (AvgIpc) is 3.23. The van der Waals surface area contributed by atoms with Crippen LogP contribution in [0.25, 0.3) is 0 Å². The Kier molecular flexibility index (Phi) is 3.99. The monoisotopic (exact) mass is 328 g/mol. The molecular weight excluding hydrogens is 308 g/mol. The fourth-order valence-electron chi connectivity index (χ4n) is 2.67. The smallest absolute Gasteiger partial charge is 0.227 e. The lowest BCUT2D eigenvalue weighted by Gasteiger charge is -2.24. The summed E-state index contributed by atoms with van der Waals surface area (Å²) in [6.07, 6.45) is 5.66. The van der Waals surface area contributed by atoms with Crippen molar-refractivity contribution in [3.05, 3.63) is 35.7 Å². The lowest BCUT2D eigenvalue weighted by Crippen LogP contribution is -2.28. The largest absolute Gasteiger partial charge is 0.356 e. The second-order valence-electron chi connectivity index (χ2n) is 6.40. The molecule has 0 saturated heterocycles. The maximum Gasteiger partial charge on any atom is 0.227 e. The minimum atomic E-state index is 0.152. The second-order valence-corrected chi connectivity index (χ2v) is 7.15. The van der Waals surface area contributed by atoms with Gasteiger partial charge in [0.25, 0.3) is 0 Å². The van der Waals surface area contributed by atoms with Gasteiger partial charge in [0.1, 0.15) is 5.82 Å². The molecule has 4 rings (SSSR count). The maximum absolute atomic E-state index is 12.0. The standard InChI is InChI=1S/C17H20N4OS/c22-16(13-4-2-5-13)19-14-6-1-3-11(9-14)10-18-17-20-15(21-23-17)12-7-8-12/h1,3,6,9,12-13H,2,4-5,7-8,10H2,(H,19,22)(H,18,20,21). The third-order valence-electron chi connectivity index (χ3n) is 4.50. The molecule has 1 amide bonds. The Hall–Kier alpha value is -1.95. The van der Waals surface area contributed by atoms with Crippen LogP contribution < -0.4 is 10.6 Å². The normalized spacial score (nSPS) is 17.6. The van der Waals surface area contributed by atoms with E-state index >= 15 is 0 Å². The van der Waals surface area contributed by atoms with Crippen LogP contribution in [0.2, 0.25) is 0 Å². The first kappa shape index (κ1) is 14.6. The Balaban J connectivity index is 1.34. The van der Waals surface area contributed by atoms with Crippen molar-refractivity contribution < 1.29 is 4.79 Å². The zero-order valence-corrected chi connectivity index (χ0v) is 13.7. The summed E-state index contributed by atoms with van der Waals surface area (Å²) >= 11 is 1.42. The van der Waals surface area contributed by atoms with Gasteiger partial charge in [-0.3, -0.25) is 4.79 Å². The highest BCUT2D eigenvalue weighted by Gasteiger charge is 2.27. The number of carbonyl (C=O) groups excluding carboxylic acids is 1. The van der Waals surface area contributed by atoms with E-state index < -0.39 is 0 Å². The first-order valence-corrected chi connectivity index (χ1v) is 9.02. The van der Waals surface area contributed by atoms with Crippen LogP contribution in [0.3, 0.4) is 0 Å². The van der Waals surface area contributed by atoms with Crippen LogP contribution in [-0.2, 0) is 11.3 Å². The van der Waals surface area contributed by atoms with Gasteiger partial charge in [0.05, 0.1) is 0 Å². The molecule has 23 heavy (non-hydrogen) atoms. The molecule has 2 N–H and O–H groups in total. The lowest BCUT2D eigenvalue weighted by atomic mass is 9.85. The summed E-state index contributed by atoms with van der Waals surface area (Å²) in [6, 6.07) is 7.99. The summed E-state index contributed by atoms with van der Waals surface area (Å²) in [5, 5.41) is 7.21. The minimum Gasteiger partial charge on any atom is -0.356 e. The zero-order valence-electron chi connectivity index (χ0n) is 12.9. The third-order valence-corrected chi connectivity index (χ3v) is 5.19. The quantitative estimate of drug-likeness (QED) is 0.847. The van der Waals surface area contributed by atoms with Crippen LogP contribution in [0.1, 0.15) is 49.4 Å². The molecule has 120 valence electrons. The molecule has 5 nitrogen and oxygen atoms in total. The predicted octanol–water partition coefficient (Wildman–Crippen LogP) is 3.77. The highest BCUT2D eigenvalue weighted by atomic mass is 32.1. The Morgan fingerprint density at radius 2 is 2.13 bits per heavy atom. The van der Waals surface area contributed by atoms with E-state index in [0.29, 0.717) is 12.5 Å². The molecule has 1 aromatic heterocycles. The summed E-state index contributed by atoms with van der Waals surface area (Å²) in [4.78, 5) is 16.5. The molecule has 0 radical (unpaired) electrons. The van der Waals surface area contributed by atoms with Gasteiger partial charge in [-0.25, -0.2) is 4.98 Å². The molecule has 0 spiro atoms. The van der Waals surface area contributed by atoms with Crippen molar-refractivity contribution in [2.75, 3.05) is 10.6 Å². The highest BCUT2D eigenvalue weighted by Crippen LogP contribution is 2.39. The zero-order chi connectivity index (χ0) is 15.6. The minimum absolute atomic E-state index is 0.152. The lowest BCUT2D eigenvalue weighted by molar-refractivity contribution is -0.122. The summed E-state index contributed by atoms with van der Waals surface area (Å²) in [5.74, 6) is 1.93. The van der Waals surface area contributed by atoms with Gasteiger partial charge < -0.3 is 10.6 Å². The van der Waals surface area contributed by atoms with Gasteiger partial charge in [-0.1, -0.05) is 18.6 Å². The molecule has 2 aliphatic carbocycles. The molecule has 6 heteroatoms. The van der Waals surface area contributed by atoms with E-state index in [1.54, 1.807) is 0 Å². The van der Waals surface area contributed by atoms with Crippen molar-refractivity contribution in [1.29, 1.82) is 0 Å². The predicted molar refractivity (Wildman–Crippen MR) is 91.6 cm³/mol. The number of benzene rings is 1. The number of nitrogens with zero attached hydrogens (tertiary/aromatic N) is 2. The first-order valence-electron chi connectivity index (χ1n) is 8.25. The maximum atomic E-state index is 12.0. The average molecular weight is 328 g/mol.